The van der Waals surface area contributed by atoms with Gasteiger partial charge in [-0.1, -0.05) is 18.2 Å². The summed E-state index contributed by atoms with van der Waals surface area (Å²) in [6.45, 7) is 7.60. The number of nitrogens with one attached hydrogen (secondary N) is 1. The molecule has 1 radical (unpaired) electrons. The number of hydrogen-bond donors (Lipinski definition) is 2. The molecular weight excluding hydrogens is 267 g/mol. The fourth-order valence-corrected chi connectivity index (χ4v) is 1.50. The molecule has 79 valence electrons. The maximum absolute atomic E-state index is 10.2. The predicted molar refractivity (Wildman–Crippen MR) is 56.4 cm³/mol. The normalized spacial score (nSPS) is 9.33. The second-order valence-electron chi connectivity index (χ2n) is 3.45. The van der Waals surface area contributed by atoms with Crippen LogP contribution in [0.2, 0.25) is 0 Å². The van der Waals surface area contributed by atoms with Gasteiger partial charge >= 0.3 is 0 Å². The maximum Gasteiger partial charge on any atom is 0.0693 e. The molecule has 0 aliphatic heterocycles. The van der Waals surface area contributed by atoms with E-state index in [4.69, 9.17) is 0 Å². The van der Waals surface area contributed by atoms with Crippen LogP contribution in [0.3, 0.4) is 0 Å². The number of amides is 1. The third-order valence-electron chi connectivity index (χ3n) is 2.83. The Morgan fingerprint density at radius 3 is 1.93 bits per heavy atom. The van der Waals surface area contributed by atoms with E-state index < -0.39 is 0 Å². The Bertz CT molecular complexity index is 360. The van der Waals surface area contributed by atoms with E-state index in [-0.39, 0.29) is 38.5 Å². The van der Waals surface area contributed by atoms with Crippen molar-refractivity contribution >= 4 is 12.1 Å². The van der Waals surface area contributed by atoms with Crippen LogP contribution in [0, 0.1) is 27.7 Å². The molecule has 0 saturated heterocycles. The molecule has 1 aromatic carbocycles. The molecule has 0 bridgehead atoms. The molecule has 1 amide bonds. The number of phenolic OH excluding ortho intramolecular Hbond substituents is 1. The first-order valence-corrected chi connectivity index (χ1v) is 4.43. The maximum atomic E-state index is 10.2. The Morgan fingerprint density at radius 2 is 1.47 bits per heavy atom. The van der Waals surface area contributed by atoms with Gasteiger partial charge in [-0.15, -0.1) is 5.56 Å². The zero-order valence-electron chi connectivity index (χ0n) is 9.43. The summed E-state index contributed by atoms with van der Waals surface area (Å²) in [5.74, 6) is 0.133. The number of phenols is 1. The van der Waals surface area contributed by atoms with Crippen LogP contribution in [-0.4, -0.2) is 11.5 Å². The molecule has 1 rings (SSSR count). The van der Waals surface area contributed by atoms with Gasteiger partial charge in [0.05, 0.1) is 12.2 Å². The Labute approximate surface area is 115 Å². The summed E-state index contributed by atoms with van der Waals surface area (Å²) in [5.41, 5.74) is 4.27. The number of carbonyl (C=O) groups excluding carboxylic acids is 1. The van der Waals surface area contributed by atoms with Crippen LogP contribution >= 0.6 is 0 Å². The van der Waals surface area contributed by atoms with Crippen LogP contribution < -0.4 is 5.32 Å². The van der Waals surface area contributed by atoms with E-state index in [9.17, 15) is 9.90 Å². The molecule has 0 aliphatic carbocycles. The van der Waals surface area contributed by atoms with Crippen LogP contribution in [0.15, 0.2) is 0 Å². The van der Waals surface area contributed by atoms with Gasteiger partial charge in [0.25, 0.3) is 0 Å². The topological polar surface area (TPSA) is 49.3 Å². The minimum Gasteiger partial charge on any atom is -0.524 e. The Kier molecular flexibility index (Phi) is 5.46. The van der Waals surface area contributed by atoms with Gasteiger partial charge in [-0.05, 0) is 31.9 Å². The first-order chi connectivity index (χ1) is 6.50. The predicted octanol–water partition coefficient (Wildman–Crippen LogP) is 2.10. The molecule has 1 aromatic rings. The van der Waals surface area contributed by atoms with Gasteiger partial charge in [-0.2, -0.15) is 0 Å². The van der Waals surface area contributed by atoms with Crippen LogP contribution in [-0.2, 0) is 37.5 Å². The molecule has 2 N–H and O–H groups in total. The van der Waals surface area contributed by atoms with E-state index in [0.717, 1.165) is 22.3 Å². The summed E-state index contributed by atoms with van der Waals surface area (Å²) >= 11 is 0. The number of aromatic hydroxyl groups is 1. The summed E-state index contributed by atoms with van der Waals surface area (Å²) in [6.07, 6.45) is 1.58. The van der Waals surface area contributed by atoms with Crippen molar-refractivity contribution in [3.8, 4) is 5.75 Å². The quantitative estimate of drug-likeness (QED) is 0.495. The zero-order chi connectivity index (χ0) is 10.9. The van der Waals surface area contributed by atoms with Gasteiger partial charge in [-0.25, -0.2) is 0 Å². The molecule has 4 heteroatoms. The van der Waals surface area contributed by atoms with Gasteiger partial charge in [0.15, 0.2) is 0 Å². The van der Waals surface area contributed by atoms with E-state index >= 15 is 0 Å². The zero-order valence-corrected chi connectivity index (χ0v) is 12.3. The Morgan fingerprint density at radius 1 is 1.00 bits per heavy atom. The van der Waals surface area contributed by atoms with Crippen LogP contribution in [0.4, 0.5) is 5.69 Å². The van der Waals surface area contributed by atoms with Crippen molar-refractivity contribution in [2.24, 2.45) is 0 Å². The molecule has 0 fully saturated rings. The summed E-state index contributed by atoms with van der Waals surface area (Å²) in [5, 5.41) is 12.2. The van der Waals surface area contributed by atoms with Gasteiger partial charge < -0.3 is 15.2 Å². The average Bonchev–Trinajstić information content (AvgIpc) is 2.19. The van der Waals surface area contributed by atoms with E-state index in [2.05, 4.69) is 5.32 Å². The number of benzene rings is 1. The van der Waals surface area contributed by atoms with Gasteiger partial charge in [0.2, 0.25) is 0 Å². The molecule has 0 aromatic heterocycles. The largest absolute Gasteiger partial charge is 0.524 e. The van der Waals surface area contributed by atoms with Crippen molar-refractivity contribution in [1.82, 2.24) is 0 Å². The van der Waals surface area contributed by atoms with Crippen LogP contribution in [0.25, 0.3) is 0 Å². The standard InChI is InChI=1S/C11H14NO2.Y/c1-6-7(2)9(4)11(14)10(8(6)3)12-5-13;/h14H,1-4H3,(H,12,13);/q-1;. The van der Waals surface area contributed by atoms with Crippen molar-refractivity contribution < 1.29 is 42.6 Å². The molecule has 0 saturated carbocycles. The van der Waals surface area contributed by atoms with E-state index in [1.807, 2.05) is 27.7 Å². The number of rotatable bonds is 2. The minimum atomic E-state index is 0. The van der Waals surface area contributed by atoms with E-state index in [1.165, 1.54) is 0 Å². The molecule has 0 spiro atoms. The smallest absolute Gasteiger partial charge is 0.0693 e. The first-order valence-electron chi connectivity index (χ1n) is 4.43. The SMILES string of the molecule is Cc1c(C)c(C)c(N[C-]=O)c(O)c1C.[Y]. The second-order valence-corrected chi connectivity index (χ2v) is 3.45. The summed E-state index contributed by atoms with van der Waals surface area (Å²) < 4.78 is 0. The first kappa shape index (κ1) is 14.6. The van der Waals surface area contributed by atoms with Crippen LogP contribution in [0.5, 0.6) is 5.75 Å². The molecule has 0 unspecified atom stereocenters. The summed E-state index contributed by atoms with van der Waals surface area (Å²) in [4.78, 5) is 10.2. The van der Waals surface area contributed by atoms with Gasteiger partial charge in [0, 0.05) is 32.7 Å². The molecule has 0 atom stereocenters. The summed E-state index contributed by atoms with van der Waals surface area (Å²) in [6, 6.07) is 0. The van der Waals surface area contributed by atoms with Crippen molar-refractivity contribution in [2.45, 2.75) is 27.7 Å². The molecule has 3 nitrogen and oxygen atoms in total. The third-order valence-corrected chi connectivity index (χ3v) is 2.83. The third kappa shape index (κ3) is 2.58. The molecule has 0 heterocycles. The van der Waals surface area contributed by atoms with Crippen molar-refractivity contribution in [1.29, 1.82) is 0 Å². The molecule has 15 heavy (non-hydrogen) atoms. The fraction of sp³-hybridized carbons (Fsp3) is 0.364. The van der Waals surface area contributed by atoms with E-state index in [1.54, 1.807) is 6.41 Å². The fourth-order valence-electron chi connectivity index (χ4n) is 1.50. The van der Waals surface area contributed by atoms with Crippen molar-refractivity contribution in [3.05, 3.63) is 22.3 Å². The Hall–Kier alpha value is -0.406. The summed E-state index contributed by atoms with van der Waals surface area (Å²) in [7, 11) is 0. The minimum absolute atomic E-state index is 0. The van der Waals surface area contributed by atoms with Gasteiger partial charge in [-0.3, -0.25) is 0 Å². The van der Waals surface area contributed by atoms with E-state index in [0.29, 0.717) is 5.69 Å². The van der Waals surface area contributed by atoms with Crippen molar-refractivity contribution in [3.63, 3.8) is 0 Å². The number of hydrogen-bond acceptors (Lipinski definition) is 2. The van der Waals surface area contributed by atoms with Gasteiger partial charge in [0.1, 0.15) is 0 Å². The second kappa shape index (κ2) is 5.62. The monoisotopic (exact) mass is 281 g/mol. The number of anilines is 1. The molecule has 0 aliphatic rings. The van der Waals surface area contributed by atoms with Crippen LogP contribution in [0.1, 0.15) is 22.3 Å². The molecular formula is C11H14NO2Y-. The Balaban J connectivity index is 0.00000196. The average molecular weight is 281 g/mol. The van der Waals surface area contributed by atoms with Crippen molar-refractivity contribution in [2.75, 3.05) is 5.32 Å².